The van der Waals surface area contributed by atoms with Gasteiger partial charge >= 0.3 is 5.97 Å². The van der Waals surface area contributed by atoms with E-state index in [1.165, 1.54) is 31.4 Å². The highest BCUT2D eigenvalue weighted by atomic mass is 19.1. The van der Waals surface area contributed by atoms with Crippen LogP contribution in [-0.4, -0.2) is 43.6 Å². The summed E-state index contributed by atoms with van der Waals surface area (Å²) in [6.07, 6.45) is 1.21. The topological polar surface area (TPSA) is 55.8 Å². The van der Waals surface area contributed by atoms with Gasteiger partial charge in [-0.05, 0) is 37.1 Å². The maximum atomic E-state index is 12.7. The Kier molecular flexibility index (Phi) is 5.14. The summed E-state index contributed by atoms with van der Waals surface area (Å²) in [6.45, 7) is 0.950. The lowest BCUT2D eigenvalue weighted by atomic mass is 9.97. The molecule has 0 aromatic heterocycles. The fourth-order valence-corrected chi connectivity index (χ4v) is 2.30. The van der Waals surface area contributed by atoms with Crippen molar-refractivity contribution >= 4 is 11.9 Å². The molecule has 0 bridgehead atoms. The summed E-state index contributed by atoms with van der Waals surface area (Å²) in [5.41, 5.74) is 0. The molecular formula is C15H18FNO4. The number of nitrogens with zero attached hydrogens (tertiary/aromatic N) is 1. The first-order chi connectivity index (χ1) is 10.1. The number of benzene rings is 1. The monoisotopic (exact) mass is 295 g/mol. The number of halogens is 1. The van der Waals surface area contributed by atoms with Crippen LogP contribution in [0.4, 0.5) is 4.39 Å². The number of amides is 1. The van der Waals surface area contributed by atoms with Gasteiger partial charge in [0.2, 0.25) is 0 Å². The third-order valence-electron chi connectivity index (χ3n) is 3.56. The summed E-state index contributed by atoms with van der Waals surface area (Å²) in [5.74, 6) is -0.378. The van der Waals surface area contributed by atoms with E-state index in [0.29, 0.717) is 31.7 Å². The number of ether oxygens (including phenoxy) is 2. The van der Waals surface area contributed by atoms with Crippen LogP contribution in [0.3, 0.4) is 0 Å². The Balaban J connectivity index is 1.77. The molecule has 0 N–H and O–H groups in total. The van der Waals surface area contributed by atoms with Crippen LogP contribution in [0.1, 0.15) is 12.8 Å². The molecule has 0 unspecified atom stereocenters. The maximum absolute atomic E-state index is 12.7. The molecule has 1 fully saturated rings. The molecule has 1 heterocycles. The van der Waals surface area contributed by atoms with Gasteiger partial charge in [-0.25, -0.2) is 4.39 Å². The number of esters is 1. The second kappa shape index (κ2) is 7.06. The Morgan fingerprint density at radius 3 is 2.43 bits per heavy atom. The third kappa shape index (κ3) is 4.18. The van der Waals surface area contributed by atoms with Gasteiger partial charge in [0.15, 0.2) is 6.61 Å². The van der Waals surface area contributed by atoms with Gasteiger partial charge in [0.1, 0.15) is 11.6 Å². The van der Waals surface area contributed by atoms with E-state index in [9.17, 15) is 14.0 Å². The zero-order chi connectivity index (χ0) is 15.2. The molecular weight excluding hydrogens is 277 g/mol. The summed E-state index contributed by atoms with van der Waals surface area (Å²) >= 11 is 0. The van der Waals surface area contributed by atoms with Crippen LogP contribution in [0.25, 0.3) is 0 Å². The predicted octanol–water partition coefficient (Wildman–Crippen LogP) is 1.62. The molecule has 1 aliphatic rings. The average molecular weight is 295 g/mol. The lowest BCUT2D eigenvalue weighted by Crippen LogP contribution is -2.42. The standard InChI is InChI=1S/C15H18FNO4/c1-20-15(19)11-6-8-17(9-7-11)14(18)10-21-13-4-2-12(16)3-5-13/h2-5,11H,6-10H2,1H3. The minimum Gasteiger partial charge on any atom is -0.484 e. The van der Waals surface area contributed by atoms with Crippen LogP contribution in [0.5, 0.6) is 5.75 Å². The van der Waals surface area contributed by atoms with E-state index < -0.39 is 0 Å². The van der Waals surface area contributed by atoms with Crippen molar-refractivity contribution in [1.29, 1.82) is 0 Å². The van der Waals surface area contributed by atoms with Gasteiger partial charge in [-0.1, -0.05) is 0 Å². The number of hydrogen-bond donors (Lipinski definition) is 0. The molecule has 0 atom stereocenters. The number of carbonyl (C=O) groups is 2. The van der Waals surface area contributed by atoms with Crippen molar-refractivity contribution in [2.75, 3.05) is 26.8 Å². The maximum Gasteiger partial charge on any atom is 0.308 e. The van der Waals surface area contributed by atoms with Crippen molar-refractivity contribution in [3.05, 3.63) is 30.1 Å². The van der Waals surface area contributed by atoms with E-state index in [4.69, 9.17) is 9.47 Å². The van der Waals surface area contributed by atoms with Crippen LogP contribution in [0.2, 0.25) is 0 Å². The number of piperidine rings is 1. The van der Waals surface area contributed by atoms with Crippen LogP contribution in [0, 0.1) is 11.7 Å². The highest BCUT2D eigenvalue weighted by molar-refractivity contribution is 5.78. The van der Waals surface area contributed by atoms with Crippen molar-refractivity contribution in [3.63, 3.8) is 0 Å². The molecule has 0 radical (unpaired) electrons. The van der Waals surface area contributed by atoms with Gasteiger partial charge in [-0.15, -0.1) is 0 Å². The molecule has 6 heteroatoms. The summed E-state index contributed by atoms with van der Waals surface area (Å²) in [4.78, 5) is 25.1. The van der Waals surface area contributed by atoms with E-state index in [0.717, 1.165) is 0 Å². The molecule has 1 aromatic rings. The van der Waals surface area contributed by atoms with E-state index >= 15 is 0 Å². The zero-order valence-electron chi connectivity index (χ0n) is 11.9. The molecule has 1 amide bonds. The van der Waals surface area contributed by atoms with Crippen molar-refractivity contribution < 1.29 is 23.5 Å². The fourth-order valence-electron chi connectivity index (χ4n) is 2.30. The molecule has 2 rings (SSSR count). The fraction of sp³-hybridized carbons (Fsp3) is 0.467. The molecule has 1 aliphatic heterocycles. The minimum absolute atomic E-state index is 0.0888. The number of likely N-dealkylation sites (tertiary alicyclic amines) is 1. The van der Waals surface area contributed by atoms with E-state index in [-0.39, 0.29) is 30.2 Å². The summed E-state index contributed by atoms with van der Waals surface area (Å²) in [5, 5.41) is 0. The van der Waals surface area contributed by atoms with Crippen molar-refractivity contribution in [1.82, 2.24) is 4.90 Å². The average Bonchev–Trinajstić information content (AvgIpc) is 2.53. The number of methoxy groups -OCH3 is 1. The van der Waals surface area contributed by atoms with Gasteiger partial charge in [0, 0.05) is 13.1 Å². The predicted molar refractivity (Wildman–Crippen MR) is 73.2 cm³/mol. The first-order valence-corrected chi connectivity index (χ1v) is 6.84. The number of carbonyl (C=O) groups excluding carboxylic acids is 2. The Morgan fingerprint density at radius 2 is 1.86 bits per heavy atom. The van der Waals surface area contributed by atoms with Crippen LogP contribution >= 0.6 is 0 Å². The summed E-state index contributed by atoms with van der Waals surface area (Å²) < 4.78 is 22.8. The first kappa shape index (κ1) is 15.3. The van der Waals surface area contributed by atoms with E-state index in [1.54, 1.807) is 4.90 Å². The highest BCUT2D eigenvalue weighted by Gasteiger charge is 2.27. The van der Waals surface area contributed by atoms with Crippen molar-refractivity contribution in [2.24, 2.45) is 5.92 Å². The molecule has 0 spiro atoms. The van der Waals surface area contributed by atoms with Crippen LogP contribution in [-0.2, 0) is 14.3 Å². The molecule has 0 saturated carbocycles. The smallest absolute Gasteiger partial charge is 0.308 e. The minimum atomic E-state index is -0.349. The van der Waals surface area contributed by atoms with Gasteiger partial charge in [0.25, 0.3) is 5.91 Å². The lowest BCUT2D eigenvalue weighted by Gasteiger charge is -2.30. The van der Waals surface area contributed by atoms with E-state index in [1.807, 2.05) is 0 Å². The van der Waals surface area contributed by atoms with Gasteiger partial charge in [-0.3, -0.25) is 9.59 Å². The molecule has 114 valence electrons. The third-order valence-corrected chi connectivity index (χ3v) is 3.56. The van der Waals surface area contributed by atoms with E-state index in [2.05, 4.69) is 0 Å². The number of rotatable bonds is 4. The second-order valence-electron chi connectivity index (χ2n) is 4.92. The van der Waals surface area contributed by atoms with Crippen LogP contribution < -0.4 is 4.74 Å². The van der Waals surface area contributed by atoms with Gasteiger partial charge in [0.05, 0.1) is 13.0 Å². The lowest BCUT2D eigenvalue weighted by molar-refractivity contribution is -0.149. The van der Waals surface area contributed by atoms with Crippen LogP contribution in [0.15, 0.2) is 24.3 Å². The quantitative estimate of drug-likeness (QED) is 0.792. The molecule has 1 aromatic carbocycles. The Hall–Kier alpha value is -2.11. The Morgan fingerprint density at radius 1 is 1.24 bits per heavy atom. The number of hydrogen-bond acceptors (Lipinski definition) is 4. The zero-order valence-corrected chi connectivity index (χ0v) is 11.9. The van der Waals surface area contributed by atoms with Crippen molar-refractivity contribution in [3.8, 4) is 5.75 Å². The van der Waals surface area contributed by atoms with Gasteiger partial charge < -0.3 is 14.4 Å². The first-order valence-electron chi connectivity index (χ1n) is 6.84. The van der Waals surface area contributed by atoms with Gasteiger partial charge in [-0.2, -0.15) is 0 Å². The molecule has 0 aliphatic carbocycles. The Bertz CT molecular complexity index is 495. The largest absolute Gasteiger partial charge is 0.484 e. The molecule has 5 nitrogen and oxygen atoms in total. The summed E-state index contributed by atoms with van der Waals surface area (Å²) in [7, 11) is 1.37. The van der Waals surface area contributed by atoms with Crippen molar-refractivity contribution in [2.45, 2.75) is 12.8 Å². The highest BCUT2D eigenvalue weighted by Crippen LogP contribution is 2.19. The molecule has 1 saturated heterocycles. The SMILES string of the molecule is COC(=O)C1CCN(C(=O)COc2ccc(F)cc2)CC1. The Labute approximate surface area is 122 Å². The second-order valence-corrected chi connectivity index (χ2v) is 4.92. The summed E-state index contributed by atoms with van der Waals surface area (Å²) in [6, 6.07) is 5.52. The molecule has 21 heavy (non-hydrogen) atoms. The normalized spacial score (nSPS) is 15.6.